The SMILES string of the molecule is O=S1c2ccccc2Cc2cc(CS(=O)(=O)O)ccc21. The topological polar surface area (TPSA) is 71.4 Å². The monoisotopic (exact) mass is 308 g/mol. The van der Waals surface area contributed by atoms with Crippen LogP contribution in [0.2, 0.25) is 0 Å². The van der Waals surface area contributed by atoms with Crippen LogP contribution >= 0.6 is 0 Å². The van der Waals surface area contributed by atoms with Crippen molar-refractivity contribution in [2.24, 2.45) is 0 Å². The summed E-state index contributed by atoms with van der Waals surface area (Å²) in [6.45, 7) is 0. The first-order valence-corrected chi connectivity index (χ1v) is 8.76. The van der Waals surface area contributed by atoms with Crippen molar-refractivity contribution in [2.75, 3.05) is 0 Å². The minimum Gasteiger partial charge on any atom is -0.285 e. The van der Waals surface area contributed by atoms with Crippen LogP contribution in [0, 0.1) is 0 Å². The lowest BCUT2D eigenvalue weighted by molar-refractivity contribution is 0.482. The summed E-state index contributed by atoms with van der Waals surface area (Å²) in [6.07, 6.45) is 0.622. The van der Waals surface area contributed by atoms with E-state index in [1.807, 2.05) is 24.3 Å². The summed E-state index contributed by atoms with van der Waals surface area (Å²) < 4.78 is 43.2. The molecule has 0 spiro atoms. The number of hydrogen-bond donors (Lipinski definition) is 1. The Balaban J connectivity index is 2.05. The van der Waals surface area contributed by atoms with Crippen molar-refractivity contribution in [2.45, 2.75) is 22.0 Å². The quantitative estimate of drug-likeness (QED) is 0.736. The zero-order valence-corrected chi connectivity index (χ0v) is 12.1. The maximum absolute atomic E-state index is 12.4. The van der Waals surface area contributed by atoms with Gasteiger partial charge in [-0.05, 0) is 35.2 Å². The molecule has 0 amide bonds. The van der Waals surface area contributed by atoms with Crippen LogP contribution in [0.4, 0.5) is 0 Å². The normalized spacial score (nSPS) is 17.4. The Kier molecular flexibility index (Phi) is 3.24. The summed E-state index contributed by atoms with van der Waals surface area (Å²) in [5.41, 5.74) is 2.34. The third kappa shape index (κ3) is 2.54. The largest absolute Gasteiger partial charge is 0.285 e. The van der Waals surface area contributed by atoms with Gasteiger partial charge in [-0.2, -0.15) is 8.42 Å². The predicted octanol–water partition coefficient (Wildman–Crippen LogP) is 2.15. The van der Waals surface area contributed by atoms with Crippen LogP contribution in [0.25, 0.3) is 0 Å². The number of fused-ring (bicyclic) bond motifs is 2. The average Bonchev–Trinajstić information content (AvgIpc) is 2.37. The van der Waals surface area contributed by atoms with Gasteiger partial charge >= 0.3 is 0 Å². The third-order valence-corrected chi connectivity index (χ3v) is 5.52. The average molecular weight is 308 g/mol. The van der Waals surface area contributed by atoms with E-state index in [1.165, 1.54) is 0 Å². The Hall–Kier alpha value is -1.50. The number of hydrogen-bond acceptors (Lipinski definition) is 3. The lowest BCUT2D eigenvalue weighted by Crippen LogP contribution is -2.10. The molecule has 0 aliphatic carbocycles. The van der Waals surface area contributed by atoms with E-state index < -0.39 is 26.7 Å². The predicted molar refractivity (Wildman–Crippen MR) is 75.6 cm³/mol. The fourth-order valence-corrected chi connectivity index (χ4v) is 4.39. The number of rotatable bonds is 2. The van der Waals surface area contributed by atoms with Gasteiger partial charge in [0.1, 0.15) is 5.75 Å². The van der Waals surface area contributed by atoms with Gasteiger partial charge in [0.05, 0.1) is 10.8 Å². The van der Waals surface area contributed by atoms with Gasteiger partial charge in [-0.1, -0.05) is 30.3 Å². The highest BCUT2D eigenvalue weighted by atomic mass is 32.2. The van der Waals surface area contributed by atoms with Gasteiger partial charge in [0, 0.05) is 9.79 Å². The van der Waals surface area contributed by atoms with Gasteiger partial charge in [0.15, 0.2) is 0 Å². The highest BCUT2D eigenvalue weighted by Gasteiger charge is 2.22. The second-order valence-electron chi connectivity index (χ2n) is 4.72. The molecular weight excluding hydrogens is 296 g/mol. The molecule has 0 bridgehead atoms. The van der Waals surface area contributed by atoms with E-state index in [1.54, 1.807) is 18.2 Å². The molecule has 1 aliphatic rings. The second-order valence-corrected chi connectivity index (χ2v) is 7.59. The van der Waals surface area contributed by atoms with Crippen molar-refractivity contribution in [1.82, 2.24) is 0 Å². The Morgan fingerprint density at radius 2 is 1.75 bits per heavy atom. The molecule has 104 valence electrons. The molecule has 1 unspecified atom stereocenters. The molecule has 6 heteroatoms. The Morgan fingerprint density at radius 1 is 1.05 bits per heavy atom. The summed E-state index contributed by atoms with van der Waals surface area (Å²) >= 11 is 0. The molecular formula is C14H12O4S2. The van der Waals surface area contributed by atoms with Crippen molar-refractivity contribution in [3.63, 3.8) is 0 Å². The van der Waals surface area contributed by atoms with Crippen molar-refractivity contribution < 1.29 is 17.2 Å². The first-order chi connectivity index (χ1) is 9.44. The van der Waals surface area contributed by atoms with Crippen LogP contribution in [0.1, 0.15) is 16.7 Å². The number of benzene rings is 2. The molecule has 1 atom stereocenters. The minimum atomic E-state index is -4.05. The molecule has 20 heavy (non-hydrogen) atoms. The van der Waals surface area contributed by atoms with E-state index in [4.69, 9.17) is 4.55 Å². The van der Waals surface area contributed by atoms with Gasteiger partial charge in [-0.3, -0.25) is 4.55 Å². The fourth-order valence-electron chi connectivity index (χ4n) is 2.41. The zero-order chi connectivity index (χ0) is 14.3. The van der Waals surface area contributed by atoms with Crippen LogP contribution < -0.4 is 0 Å². The lowest BCUT2D eigenvalue weighted by atomic mass is 10.0. The van der Waals surface area contributed by atoms with Crippen LogP contribution in [-0.4, -0.2) is 17.2 Å². The molecule has 2 aromatic rings. The van der Waals surface area contributed by atoms with E-state index in [0.717, 1.165) is 16.0 Å². The van der Waals surface area contributed by atoms with Crippen LogP contribution in [-0.2, 0) is 33.1 Å². The van der Waals surface area contributed by atoms with Gasteiger partial charge in [-0.15, -0.1) is 0 Å². The molecule has 0 radical (unpaired) electrons. The second kappa shape index (κ2) is 4.80. The summed E-state index contributed by atoms with van der Waals surface area (Å²) in [5, 5.41) is 0. The van der Waals surface area contributed by atoms with E-state index >= 15 is 0 Å². The van der Waals surface area contributed by atoms with Gasteiger partial charge in [0.2, 0.25) is 0 Å². The van der Waals surface area contributed by atoms with Crippen molar-refractivity contribution in [3.8, 4) is 0 Å². The maximum Gasteiger partial charge on any atom is 0.269 e. The van der Waals surface area contributed by atoms with E-state index in [9.17, 15) is 12.6 Å². The first-order valence-electron chi connectivity index (χ1n) is 6.01. The molecule has 2 aromatic carbocycles. The molecule has 1 N–H and O–H groups in total. The summed E-state index contributed by atoms with van der Waals surface area (Å²) in [7, 11) is -5.29. The minimum absolute atomic E-state index is 0.422. The van der Waals surface area contributed by atoms with Gasteiger partial charge in [0.25, 0.3) is 10.1 Å². The molecule has 1 heterocycles. The Bertz CT molecular complexity index is 810. The molecule has 0 saturated heterocycles. The standard InChI is InChI=1S/C14H12O4S2/c15-19-13-4-2-1-3-11(13)8-12-7-10(5-6-14(12)19)9-20(16,17)18/h1-7H,8-9H2,(H,16,17,18). The zero-order valence-electron chi connectivity index (χ0n) is 10.4. The summed E-state index contributed by atoms with van der Waals surface area (Å²) in [4.78, 5) is 1.52. The molecule has 0 aromatic heterocycles. The molecule has 0 saturated carbocycles. The summed E-state index contributed by atoms with van der Waals surface area (Å²) in [5.74, 6) is -0.422. The Morgan fingerprint density at radius 3 is 2.50 bits per heavy atom. The van der Waals surface area contributed by atoms with E-state index in [2.05, 4.69) is 0 Å². The van der Waals surface area contributed by atoms with Gasteiger partial charge < -0.3 is 0 Å². The van der Waals surface area contributed by atoms with Crippen LogP contribution in [0.3, 0.4) is 0 Å². The van der Waals surface area contributed by atoms with Crippen molar-refractivity contribution in [3.05, 3.63) is 59.2 Å². The van der Waals surface area contributed by atoms with Gasteiger partial charge in [-0.25, -0.2) is 4.21 Å². The summed E-state index contributed by atoms with van der Waals surface area (Å²) in [6, 6.07) is 12.5. The highest BCUT2D eigenvalue weighted by Crippen LogP contribution is 2.32. The van der Waals surface area contributed by atoms with Crippen LogP contribution in [0.15, 0.2) is 52.3 Å². The van der Waals surface area contributed by atoms with E-state index in [0.29, 0.717) is 16.9 Å². The molecule has 1 aliphatic heterocycles. The molecule has 3 rings (SSSR count). The van der Waals surface area contributed by atoms with Crippen molar-refractivity contribution in [1.29, 1.82) is 0 Å². The lowest BCUT2D eigenvalue weighted by Gasteiger charge is -2.19. The third-order valence-electron chi connectivity index (χ3n) is 3.23. The molecule has 4 nitrogen and oxygen atoms in total. The Labute approximate surface area is 119 Å². The highest BCUT2D eigenvalue weighted by molar-refractivity contribution is 7.85. The smallest absolute Gasteiger partial charge is 0.269 e. The maximum atomic E-state index is 12.4. The van der Waals surface area contributed by atoms with E-state index in [-0.39, 0.29) is 0 Å². The fraction of sp³-hybridized carbons (Fsp3) is 0.143. The first kappa shape index (κ1) is 13.5. The van der Waals surface area contributed by atoms with Crippen LogP contribution in [0.5, 0.6) is 0 Å². The molecule has 0 fully saturated rings. The van der Waals surface area contributed by atoms with Crippen molar-refractivity contribution >= 4 is 20.9 Å².